The molecule has 1 atom stereocenters. The van der Waals surface area contributed by atoms with E-state index in [4.69, 9.17) is 10.5 Å². The van der Waals surface area contributed by atoms with E-state index in [9.17, 15) is 14.7 Å². The minimum atomic E-state index is -1.57. The number of nitriles is 1. The van der Waals surface area contributed by atoms with Gasteiger partial charge >= 0.3 is 0 Å². The summed E-state index contributed by atoms with van der Waals surface area (Å²) in [6, 6.07) is 7.20. The van der Waals surface area contributed by atoms with Gasteiger partial charge in [0.15, 0.2) is 0 Å². The molecule has 2 amide bonds. The fourth-order valence-electron chi connectivity index (χ4n) is 2.84. The Kier molecular flexibility index (Phi) is 7.98. The van der Waals surface area contributed by atoms with Crippen molar-refractivity contribution in [3.05, 3.63) is 35.4 Å². The lowest BCUT2D eigenvalue weighted by Crippen LogP contribution is -2.57. The number of nitrogens with zero attached hydrogens (tertiary/aromatic N) is 2. The summed E-state index contributed by atoms with van der Waals surface area (Å²) in [4.78, 5) is 26.2. The lowest BCUT2D eigenvalue weighted by Gasteiger charge is -2.35. The summed E-state index contributed by atoms with van der Waals surface area (Å²) in [5, 5.41) is 29.8. The van der Waals surface area contributed by atoms with Gasteiger partial charge in [0.25, 0.3) is 11.8 Å². The van der Waals surface area contributed by atoms with Crippen LogP contribution in [-0.4, -0.2) is 58.3 Å². The van der Waals surface area contributed by atoms with Crippen LogP contribution in [0.2, 0.25) is 0 Å². The molecule has 0 saturated carbocycles. The normalized spacial score (nSPS) is 14.6. The third kappa shape index (κ3) is 6.62. The van der Waals surface area contributed by atoms with Gasteiger partial charge in [0.1, 0.15) is 6.04 Å². The number of rotatable bonds is 6. The van der Waals surface area contributed by atoms with Gasteiger partial charge in [0.05, 0.1) is 11.7 Å². The molecule has 1 aliphatic rings. The standard InChI is InChI=1S/C22H24N4O4/c1-22(2,29)19(21(28)25-30)24-20(27)18-10-8-16(9-11-18)6-3-4-7-17-14-26(15-17)13-5-12-23/h8-11,17,19,29-30H,5,13-15H2,1-2H3,(H,24,27)(H,25,28). The predicted molar refractivity (Wildman–Crippen MR) is 109 cm³/mol. The first-order valence-electron chi connectivity index (χ1n) is 9.42. The maximum absolute atomic E-state index is 12.3. The SMILES string of the molecule is CC(C)(O)C(NC(=O)c1ccc(C#CC#CC2CN(CCC#N)C2)cc1)C(=O)NO. The lowest BCUT2D eigenvalue weighted by molar-refractivity contribution is -0.136. The zero-order valence-corrected chi connectivity index (χ0v) is 16.9. The van der Waals surface area contributed by atoms with Crippen molar-refractivity contribution in [2.24, 2.45) is 5.92 Å². The molecule has 0 aromatic heterocycles. The molecule has 1 aromatic rings. The van der Waals surface area contributed by atoms with Crippen molar-refractivity contribution in [2.45, 2.75) is 31.9 Å². The molecule has 1 aromatic carbocycles. The molecule has 8 nitrogen and oxygen atoms in total. The molecule has 2 rings (SSSR count). The highest BCUT2D eigenvalue weighted by Crippen LogP contribution is 2.14. The zero-order chi connectivity index (χ0) is 22.1. The van der Waals surface area contributed by atoms with E-state index in [1.165, 1.54) is 19.3 Å². The van der Waals surface area contributed by atoms with E-state index in [1.54, 1.807) is 24.3 Å². The number of amides is 2. The molecule has 1 heterocycles. The quantitative estimate of drug-likeness (QED) is 0.304. The van der Waals surface area contributed by atoms with E-state index in [0.29, 0.717) is 12.0 Å². The van der Waals surface area contributed by atoms with Gasteiger partial charge in [-0.05, 0) is 50.0 Å². The molecule has 1 saturated heterocycles. The number of hydroxylamine groups is 1. The molecule has 1 fully saturated rings. The second kappa shape index (κ2) is 10.4. The third-order valence-corrected chi connectivity index (χ3v) is 4.54. The molecule has 0 radical (unpaired) electrons. The van der Waals surface area contributed by atoms with Gasteiger partial charge in [-0.3, -0.25) is 19.7 Å². The third-order valence-electron chi connectivity index (χ3n) is 4.54. The summed E-state index contributed by atoms with van der Waals surface area (Å²) in [6.07, 6.45) is 0.529. The van der Waals surface area contributed by atoms with Crippen molar-refractivity contribution < 1.29 is 19.9 Å². The average molecular weight is 408 g/mol. The second-order valence-electron chi connectivity index (χ2n) is 7.50. The predicted octanol–water partition coefficient (Wildman–Crippen LogP) is 0.262. The largest absolute Gasteiger partial charge is 0.388 e. The lowest BCUT2D eigenvalue weighted by atomic mass is 9.97. The van der Waals surface area contributed by atoms with E-state index in [0.717, 1.165) is 19.6 Å². The van der Waals surface area contributed by atoms with E-state index in [1.807, 2.05) is 0 Å². The first-order chi connectivity index (χ1) is 14.2. The van der Waals surface area contributed by atoms with Crippen molar-refractivity contribution in [1.82, 2.24) is 15.7 Å². The van der Waals surface area contributed by atoms with Gasteiger partial charge < -0.3 is 10.4 Å². The number of hydrogen-bond donors (Lipinski definition) is 4. The highest BCUT2D eigenvalue weighted by Gasteiger charge is 2.34. The molecule has 4 N–H and O–H groups in total. The molecule has 156 valence electrons. The summed E-state index contributed by atoms with van der Waals surface area (Å²) in [5.41, 5.74) is 0.818. The number of carbonyl (C=O) groups is 2. The molecule has 30 heavy (non-hydrogen) atoms. The van der Waals surface area contributed by atoms with Crippen LogP contribution in [0.5, 0.6) is 0 Å². The van der Waals surface area contributed by atoms with Crippen LogP contribution in [0.4, 0.5) is 0 Å². The van der Waals surface area contributed by atoms with Crippen LogP contribution in [-0.2, 0) is 4.79 Å². The van der Waals surface area contributed by atoms with E-state index >= 15 is 0 Å². The van der Waals surface area contributed by atoms with Gasteiger partial charge in [-0.25, -0.2) is 5.48 Å². The molecule has 1 aliphatic heterocycles. The Balaban J connectivity index is 1.91. The topological polar surface area (TPSA) is 126 Å². The van der Waals surface area contributed by atoms with Gasteiger partial charge in [-0.1, -0.05) is 11.8 Å². The molecular formula is C22H24N4O4. The smallest absolute Gasteiger partial charge is 0.268 e. The fourth-order valence-corrected chi connectivity index (χ4v) is 2.84. The highest BCUT2D eigenvalue weighted by molar-refractivity contribution is 5.97. The number of benzene rings is 1. The van der Waals surface area contributed by atoms with E-state index < -0.39 is 23.5 Å². The van der Waals surface area contributed by atoms with Crippen molar-refractivity contribution in [2.75, 3.05) is 19.6 Å². The average Bonchev–Trinajstić information content (AvgIpc) is 2.68. The summed E-state index contributed by atoms with van der Waals surface area (Å²) >= 11 is 0. The van der Waals surface area contributed by atoms with Gasteiger partial charge in [-0.15, -0.1) is 0 Å². The maximum atomic E-state index is 12.3. The molecule has 0 aliphatic carbocycles. The Morgan fingerprint density at radius 1 is 1.27 bits per heavy atom. The van der Waals surface area contributed by atoms with Crippen LogP contribution in [0.3, 0.4) is 0 Å². The summed E-state index contributed by atoms with van der Waals surface area (Å²) < 4.78 is 0. The second-order valence-corrected chi connectivity index (χ2v) is 7.50. The minimum Gasteiger partial charge on any atom is -0.388 e. The number of carbonyl (C=O) groups excluding carboxylic acids is 2. The van der Waals surface area contributed by atoms with Crippen LogP contribution in [0, 0.1) is 40.9 Å². The summed E-state index contributed by atoms with van der Waals surface area (Å²) in [6.45, 7) is 5.20. The molecule has 0 spiro atoms. The van der Waals surface area contributed by atoms with Crippen LogP contribution >= 0.6 is 0 Å². The van der Waals surface area contributed by atoms with E-state index in [-0.39, 0.29) is 11.5 Å². The summed E-state index contributed by atoms with van der Waals surface area (Å²) in [7, 11) is 0. The van der Waals surface area contributed by atoms with E-state index in [2.05, 4.69) is 40.0 Å². The van der Waals surface area contributed by atoms with Crippen molar-refractivity contribution >= 4 is 11.8 Å². The number of likely N-dealkylation sites (tertiary alicyclic amines) is 1. The van der Waals surface area contributed by atoms with Gasteiger partial charge in [0.2, 0.25) is 0 Å². The molecule has 1 unspecified atom stereocenters. The monoisotopic (exact) mass is 408 g/mol. The Morgan fingerprint density at radius 2 is 1.93 bits per heavy atom. The number of aliphatic hydroxyl groups is 1. The first kappa shape index (κ1) is 22.9. The van der Waals surface area contributed by atoms with Gasteiger partial charge in [-0.2, -0.15) is 5.26 Å². The van der Waals surface area contributed by atoms with Crippen LogP contribution < -0.4 is 10.8 Å². The molecular weight excluding hydrogens is 384 g/mol. The Labute approximate surface area is 175 Å². The van der Waals surface area contributed by atoms with Crippen LogP contribution in [0.15, 0.2) is 24.3 Å². The summed E-state index contributed by atoms with van der Waals surface area (Å²) in [5.74, 6) is 10.4. The van der Waals surface area contributed by atoms with Crippen molar-refractivity contribution in [3.63, 3.8) is 0 Å². The molecule has 0 bridgehead atoms. The zero-order valence-electron chi connectivity index (χ0n) is 16.9. The molecule has 8 heteroatoms. The van der Waals surface area contributed by atoms with Crippen molar-refractivity contribution in [1.29, 1.82) is 5.26 Å². The minimum absolute atomic E-state index is 0.276. The fraction of sp³-hybridized carbons (Fsp3) is 0.409. The number of nitrogens with one attached hydrogen (secondary N) is 2. The van der Waals surface area contributed by atoms with Gasteiger partial charge in [0, 0.05) is 43.1 Å². The van der Waals surface area contributed by atoms with Crippen LogP contribution in [0.25, 0.3) is 0 Å². The maximum Gasteiger partial charge on any atom is 0.268 e. The highest BCUT2D eigenvalue weighted by atomic mass is 16.5. The first-order valence-corrected chi connectivity index (χ1v) is 9.42. The Bertz CT molecular complexity index is 930. The van der Waals surface area contributed by atoms with Crippen LogP contribution in [0.1, 0.15) is 36.2 Å². The Morgan fingerprint density at radius 3 is 2.50 bits per heavy atom. The van der Waals surface area contributed by atoms with Crippen molar-refractivity contribution in [3.8, 4) is 29.8 Å². The number of hydrogen-bond acceptors (Lipinski definition) is 6. The Hall–Kier alpha value is -3.35.